The number of hydrogen-bond acceptors (Lipinski definition) is 3. The van der Waals surface area contributed by atoms with E-state index in [-0.39, 0.29) is 17.8 Å². The molecular weight excluding hydrogens is 357 g/mol. The molecule has 5 nitrogen and oxygen atoms in total. The van der Waals surface area contributed by atoms with Gasteiger partial charge in [0.25, 0.3) is 0 Å². The van der Waals surface area contributed by atoms with Crippen molar-refractivity contribution >= 4 is 5.91 Å². The summed E-state index contributed by atoms with van der Waals surface area (Å²) in [5, 5.41) is 4.65. The summed E-state index contributed by atoms with van der Waals surface area (Å²) in [6.07, 6.45) is 0. The number of nitrogens with zero attached hydrogens (tertiary/aromatic N) is 3. The lowest BCUT2D eigenvalue weighted by atomic mass is 10.1. The van der Waals surface area contributed by atoms with Gasteiger partial charge in [-0.3, -0.25) is 4.79 Å². The number of ether oxygens (including phenoxy) is 1. The van der Waals surface area contributed by atoms with Crippen LogP contribution in [0.3, 0.4) is 0 Å². The molecule has 0 atom stereocenters. The van der Waals surface area contributed by atoms with Crippen LogP contribution < -0.4 is 4.74 Å². The molecule has 0 aliphatic rings. The predicted molar refractivity (Wildman–Crippen MR) is 106 cm³/mol. The molecule has 1 heterocycles. The minimum Gasteiger partial charge on any atom is -0.439 e. The molecule has 0 aliphatic heterocycles. The molecule has 0 spiro atoms. The number of benzene rings is 2. The first-order valence-electron chi connectivity index (χ1n) is 9.18. The third-order valence-corrected chi connectivity index (χ3v) is 4.52. The van der Waals surface area contributed by atoms with E-state index in [0.717, 1.165) is 16.8 Å². The molecule has 3 aromatic rings. The van der Waals surface area contributed by atoms with Gasteiger partial charge < -0.3 is 9.64 Å². The average Bonchev–Trinajstić information content (AvgIpc) is 2.97. The Morgan fingerprint density at radius 3 is 2.36 bits per heavy atom. The maximum atomic E-state index is 13.2. The highest BCUT2D eigenvalue weighted by atomic mass is 19.1. The molecule has 0 N–H and O–H groups in total. The van der Waals surface area contributed by atoms with Gasteiger partial charge in [0, 0.05) is 25.6 Å². The van der Waals surface area contributed by atoms with E-state index in [9.17, 15) is 9.18 Å². The summed E-state index contributed by atoms with van der Waals surface area (Å²) in [5.41, 5.74) is 2.50. The van der Waals surface area contributed by atoms with E-state index >= 15 is 0 Å². The minimum atomic E-state index is -0.329. The van der Waals surface area contributed by atoms with Crippen LogP contribution in [0.15, 0.2) is 54.6 Å². The van der Waals surface area contributed by atoms with Crippen LogP contribution >= 0.6 is 0 Å². The zero-order chi connectivity index (χ0) is 20.3. The molecule has 1 amide bonds. The number of halogens is 1. The second-order valence-electron chi connectivity index (χ2n) is 6.92. The number of amides is 1. The van der Waals surface area contributed by atoms with Crippen molar-refractivity contribution in [3.05, 3.63) is 66.0 Å². The maximum absolute atomic E-state index is 13.2. The van der Waals surface area contributed by atoms with Crippen molar-refractivity contribution in [2.45, 2.75) is 33.4 Å². The fourth-order valence-electron chi connectivity index (χ4n) is 3.09. The van der Waals surface area contributed by atoms with Gasteiger partial charge in [-0.05, 0) is 38.1 Å². The number of hydrogen-bond donors (Lipinski definition) is 0. The summed E-state index contributed by atoms with van der Waals surface area (Å²) < 4.78 is 20.9. The Hall–Kier alpha value is -3.15. The third kappa shape index (κ3) is 4.22. The van der Waals surface area contributed by atoms with Crippen molar-refractivity contribution in [1.82, 2.24) is 14.7 Å². The Bertz CT molecular complexity index is 950. The Morgan fingerprint density at radius 1 is 1.14 bits per heavy atom. The van der Waals surface area contributed by atoms with Gasteiger partial charge in [-0.15, -0.1) is 0 Å². The number of carbonyl (C=O) groups is 1. The van der Waals surface area contributed by atoms with Crippen molar-refractivity contribution in [3.63, 3.8) is 0 Å². The van der Waals surface area contributed by atoms with Crippen LogP contribution in [0.5, 0.6) is 11.6 Å². The van der Waals surface area contributed by atoms with Crippen LogP contribution in [0.1, 0.15) is 26.3 Å². The Labute approximate surface area is 164 Å². The first-order valence-corrected chi connectivity index (χ1v) is 9.18. The minimum absolute atomic E-state index is 0.0226. The van der Waals surface area contributed by atoms with Crippen LogP contribution in [0.2, 0.25) is 0 Å². The highest BCUT2D eigenvalue weighted by Crippen LogP contribution is 2.34. The fraction of sp³-hybridized carbons (Fsp3) is 0.273. The molecule has 0 saturated carbocycles. The third-order valence-electron chi connectivity index (χ3n) is 4.52. The standard InChI is InChI=1S/C22H24FN3O2/c1-15(2)26(16(3)27)14-20-21(17-8-6-5-7-9-17)24-25(4)22(20)28-19-12-10-18(23)11-13-19/h5-13,15H,14H2,1-4H3. The van der Waals surface area contributed by atoms with E-state index in [1.807, 2.05) is 44.2 Å². The van der Waals surface area contributed by atoms with Gasteiger partial charge in [-0.25, -0.2) is 9.07 Å². The van der Waals surface area contributed by atoms with E-state index in [4.69, 9.17) is 4.74 Å². The van der Waals surface area contributed by atoms with Gasteiger partial charge in [0.15, 0.2) is 0 Å². The van der Waals surface area contributed by atoms with Crippen molar-refractivity contribution in [2.75, 3.05) is 0 Å². The van der Waals surface area contributed by atoms with Crippen molar-refractivity contribution in [1.29, 1.82) is 0 Å². The number of carbonyl (C=O) groups excluding carboxylic acids is 1. The van der Waals surface area contributed by atoms with Crippen LogP contribution in [-0.2, 0) is 18.4 Å². The summed E-state index contributed by atoms with van der Waals surface area (Å²) in [4.78, 5) is 13.9. The average molecular weight is 381 g/mol. The summed E-state index contributed by atoms with van der Waals surface area (Å²) in [7, 11) is 1.79. The van der Waals surface area contributed by atoms with E-state index in [0.29, 0.717) is 18.2 Å². The van der Waals surface area contributed by atoms with Gasteiger partial charge in [0.05, 0.1) is 12.1 Å². The lowest BCUT2D eigenvalue weighted by Crippen LogP contribution is -2.34. The molecule has 0 unspecified atom stereocenters. The molecule has 0 aliphatic carbocycles. The SMILES string of the molecule is CC(=O)N(Cc1c(-c2ccccc2)nn(C)c1Oc1ccc(F)cc1)C(C)C. The zero-order valence-electron chi connectivity index (χ0n) is 16.5. The van der Waals surface area contributed by atoms with Crippen molar-refractivity contribution < 1.29 is 13.9 Å². The van der Waals surface area contributed by atoms with Gasteiger partial charge in [0.1, 0.15) is 17.3 Å². The summed E-state index contributed by atoms with van der Waals surface area (Å²) in [6, 6.07) is 15.6. The zero-order valence-corrected chi connectivity index (χ0v) is 16.5. The molecule has 146 valence electrons. The van der Waals surface area contributed by atoms with E-state index < -0.39 is 0 Å². The molecule has 2 aromatic carbocycles. The van der Waals surface area contributed by atoms with Crippen LogP contribution in [-0.4, -0.2) is 26.6 Å². The molecule has 28 heavy (non-hydrogen) atoms. The molecule has 3 rings (SSSR count). The molecule has 0 saturated heterocycles. The Balaban J connectivity index is 2.08. The summed E-state index contributed by atoms with van der Waals surface area (Å²) >= 11 is 0. The Kier molecular flexibility index (Phi) is 5.78. The summed E-state index contributed by atoms with van der Waals surface area (Å²) in [6.45, 7) is 5.86. The van der Waals surface area contributed by atoms with Gasteiger partial charge in [-0.1, -0.05) is 30.3 Å². The van der Waals surface area contributed by atoms with Gasteiger partial charge >= 0.3 is 0 Å². The van der Waals surface area contributed by atoms with Crippen LogP contribution in [0.4, 0.5) is 4.39 Å². The molecule has 1 aromatic heterocycles. The predicted octanol–water partition coefficient (Wildman–Crippen LogP) is 4.78. The molecule has 6 heteroatoms. The normalized spacial score (nSPS) is 10.9. The first-order chi connectivity index (χ1) is 13.4. The van der Waals surface area contributed by atoms with Crippen LogP contribution in [0.25, 0.3) is 11.3 Å². The van der Waals surface area contributed by atoms with Crippen molar-refractivity contribution in [3.8, 4) is 22.9 Å². The Morgan fingerprint density at radius 2 is 1.79 bits per heavy atom. The van der Waals surface area contributed by atoms with E-state index in [1.165, 1.54) is 12.1 Å². The number of rotatable bonds is 6. The van der Waals surface area contributed by atoms with Crippen LogP contribution in [0, 0.1) is 5.82 Å². The van der Waals surface area contributed by atoms with E-state index in [1.54, 1.807) is 35.7 Å². The second-order valence-corrected chi connectivity index (χ2v) is 6.92. The maximum Gasteiger partial charge on any atom is 0.223 e. The first kappa shape index (κ1) is 19.6. The molecular formula is C22H24FN3O2. The van der Waals surface area contributed by atoms with Gasteiger partial charge in [0.2, 0.25) is 11.8 Å². The second kappa shape index (κ2) is 8.25. The summed E-state index contributed by atoms with van der Waals surface area (Å²) in [5.74, 6) is 0.678. The topological polar surface area (TPSA) is 47.4 Å². The number of aromatic nitrogens is 2. The lowest BCUT2D eigenvalue weighted by molar-refractivity contribution is -0.131. The highest BCUT2D eigenvalue weighted by molar-refractivity contribution is 5.74. The van der Waals surface area contributed by atoms with Gasteiger partial charge in [-0.2, -0.15) is 5.10 Å². The highest BCUT2D eigenvalue weighted by Gasteiger charge is 2.24. The van der Waals surface area contributed by atoms with Crippen molar-refractivity contribution in [2.24, 2.45) is 7.05 Å². The van der Waals surface area contributed by atoms with E-state index in [2.05, 4.69) is 5.10 Å². The largest absolute Gasteiger partial charge is 0.439 e. The number of aryl methyl sites for hydroxylation is 1. The molecule has 0 fully saturated rings. The fourth-order valence-corrected chi connectivity index (χ4v) is 3.09. The molecule has 0 radical (unpaired) electrons. The quantitative estimate of drug-likeness (QED) is 0.618. The lowest BCUT2D eigenvalue weighted by Gasteiger charge is -2.25. The smallest absolute Gasteiger partial charge is 0.223 e. The monoisotopic (exact) mass is 381 g/mol. The molecule has 0 bridgehead atoms.